The Labute approximate surface area is 136 Å². The zero-order valence-corrected chi connectivity index (χ0v) is 12.6. The number of nitrogens with zero attached hydrogens (tertiary/aromatic N) is 3. The highest BCUT2D eigenvalue weighted by molar-refractivity contribution is 5.59. The molecular formula is C17H12FN3O3. The quantitative estimate of drug-likeness (QED) is 0.528. The van der Waals surface area contributed by atoms with Crippen LogP contribution in [0.2, 0.25) is 0 Å². The third-order valence-corrected chi connectivity index (χ3v) is 3.33. The molecular weight excluding hydrogens is 313 g/mol. The molecule has 0 saturated carbocycles. The first-order valence-corrected chi connectivity index (χ1v) is 7.05. The van der Waals surface area contributed by atoms with Crippen molar-refractivity contribution in [3.8, 4) is 22.9 Å². The number of ether oxygens (including phenoxy) is 1. The first kappa shape index (κ1) is 15.5. The van der Waals surface area contributed by atoms with E-state index in [1.54, 1.807) is 31.2 Å². The van der Waals surface area contributed by atoms with Crippen molar-refractivity contribution >= 4 is 5.69 Å². The van der Waals surface area contributed by atoms with Crippen molar-refractivity contribution in [1.82, 2.24) is 9.97 Å². The molecule has 0 aliphatic carbocycles. The van der Waals surface area contributed by atoms with E-state index in [-0.39, 0.29) is 23.1 Å². The molecule has 3 rings (SSSR count). The van der Waals surface area contributed by atoms with Crippen LogP contribution >= 0.6 is 0 Å². The second-order valence-corrected chi connectivity index (χ2v) is 5.00. The van der Waals surface area contributed by atoms with Gasteiger partial charge in [-0.25, -0.2) is 9.37 Å². The lowest BCUT2D eigenvalue weighted by Gasteiger charge is -2.06. The number of rotatable bonds is 4. The Morgan fingerprint density at radius 1 is 1.08 bits per heavy atom. The predicted octanol–water partition coefficient (Wildman–Crippen LogP) is 4.29. The van der Waals surface area contributed by atoms with E-state index in [4.69, 9.17) is 4.74 Å². The number of halogens is 1. The number of hydrogen-bond acceptors (Lipinski definition) is 5. The van der Waals surface area contributed by atoms with Gasteiger partial charge in [-0.3, -0.25) is 15.1 Å². The molecule has 0 amide bonds. The first-order valence-electron chi connectivity index (χ1n) is 7.05. The Bertz CT molecular complexity index is 881. The van der Waals surface area contributed by atoms with Crippen molar-refractivity contribution in [3.63, 3.8) is 0 Å². The van der Waals surface area contributed by atoms with Crippen LogP contribution in [0.15, 0.2) is 54.7 Å². The highest BCUT2D eigenvalue weighted by atomic mass is 19.1. The van der Waals surface area contributed by atoms with Crippen molar-refractivity contribution in [3.05, 3.63) is 76.4 Å². The summed E-state index contributed by atoms with van der Waals surface area (Å²) in [4.78, 5) is 18.6. The van der Waals surface area contributed by atoms with Crippen molar-refractivity contribution in [2.24, 2.45) is 0 Å². The maximum absolute atomic E-state index is 12.9. The molecule has 0 saturated heterocycles. The van der Waals surface area contributed by atoms with Crippen molar-refractivity contribution in [2.45, 2.75) is 6.92 Å². The van der Waals surface area contributed by atoms with Gasteiger partial charge >= 0.3 is 0 Å². The summed E-state index contributed by atoms with van der Waals surface area (Å²) in [6, 6.07) is 12.2. The van der Waals surface area contributed by atoms with Gasteiger partial charge in [-0.2, -0.15) is 0 Å². The highest BCUT2D eigenvalue weighted by Crippen LogP contribution is 2.25. The van der Waals surface area contributed by atoms with E-state index < -0.39 is 4.92 Å². The van der Waals surface area contributed by atoms with E-state index in [1.165, 1.54) is 30.5 Å². The van der Waals surface area contributed by atoms with Crippen LogP contribution in [0.5, 0.6) is 11.6 Å². The van der Waals surface area contributed by atoms with E-state index in [2.05, 4.69) is 9.97 Å². The van der Waals surface area contributed by atoms with Crippen molar-refractivity contribution in [1.29, 1.82) is 0 Å². The van der Waals surface area contributed by atoms with Crippen LogP contribution in [0, 0.1) is 22.9 Å². The van der Waals surface area contributed by atoms with Crippen LogP contribution in [-0.2, 0) is 0 Å². The molecule has 0 atom stereocenters. The number of benzene rings is 1. The van der Waals surface area contributed by atoms with Crippen LogP contribution in [0.1, 0.15) is 5.69 Å². The van der Waals surface area contributed by atoms with Gasteiger partial charge in [0, 0.05) is 17.7 Å². The Morgan fingerprint density at radius 3 is 2.42 bits per heavy atom. The summed E-state index contributed by atoms with van der Waals surface area (Å²) in [5.74, 6) is 0.384. The molecule has 120 valence electrons. The van der Waals surface area contributed by atoms with Crippen molar-refractivity contribution in [2.75, 3.05) is 0 Å². The molecule has 0 aliphatic heterocycles. The topological polar surface area (TPSA) is 78.2 Å². The van der Waals surface area contributed by atoms with Gasteiger partial charge < -0.3 is 4.74 Å². The number of aromatic nitrogens is 2. The van der Waals surface area contributed by atoms with E-state index in [9.17, 15) is 14.5 Å². The van der Waals surface area contributed by atoms with Crippen LogP contribution in [0.25, 0.3) is 11.3 Å². The molecule has 0 unspecified atom stereocenters. The predicted molar refractivity (Wildman–Crippen MR) is 85.3 cm³/mol. The maximum Gasteiger partial charge on any atom is 0.290 e. The molecule has 0 N–H and O–H groups in total. The largest absolute Gasteiger partial charge is 0.437 e. The third kappa shape index (κ3) is 3.35. The fourth-order valence-corrected chi connectivity index (χ4v) is 2.13. The maximum atomic E-state index is 12.9. The number of pyridine rings is 2. The lowest BCUT2D eigenvalue weighted by Crippen LogP contribution is -1.96. The molecule has 3 aromatic rings. The molecule has 0 fully saturated rings. The smallest absolute Gasteiger partial charge is 0.290 e. The van der Waals surface area contributed by atoms with Gasteiger partial charge in [0.05, 0.1) is 16.8 Å². The second-order valence-electron chi connectivity index (χ2n) is 5.00. The van der Waals surface area contributed by atoms with E-state index >= 15 is 0 Å². The summed E-state index contributed by atoms with van der Waals surface area (Å²) < 4.78 is 18.5. The SMILES string of the molecule is Cc1nc(Oc2ccc(-c3ccc(F)cc3)nc2)ccc1[N+](=O)[O-]. The van der Waals surface area contributed by atoms with Crippen molar-refractivity contribution < 1.29 is 14.1 Å². The van der Waals surface area contributed by atoms with Gasteiger partial charge in [0.25, 0.3) is 5.69 Å². The number of aryl methyl sites for hydroxylation is 1. The van der Waals surface area contributed by atoms with Crippen LogP contribution in [0.3, 0.4) is 0 Å². The van der Waals surface area contributed by atoms with Crippen LogP contribution in [0.4, 0.5) is 10.1 Å². The fraction of sp³-hybridized carbons (Fsp3) is 0.0588. The molecule has 2 aromatic heterocycles. The fourth-order valence-electron chi connectivity index (χ4n) is 2.13. The molecule has 0 aliphatic rings. The summed E-state index contributed by atoms with van der Waals surface area (Å²) in [6.45, 7) is 1.54. The number of hydrogen-bond donors (Lipinski definition) is 0. The molecule has 0 radical (unpaired) electrons. The number of nitro groups is 1. The summed E-state index contributed by atoms with van der Waals surface area (Å²) in [6.07, 6.45) is 1.51. The Morgan fingerprint density at radius 2 is 1.83 bits per heavy atom. The molecule has 24 heavy (non-hydrogen) atoms. The Balaban J connectivity index is 1.78. The summed E-state index contributed by atoms with van der Waals surface area (Å²) in [7, 11) is 0. The molecule has 0 bridgehead atoms. The zero-order valence-electron chi connectivity index (χ0n) is 12.6. The zero-order chi connectivity index (χ0) is 17.1. The van der Waals surface area contributed by atoms with Gasteiger partial charge in [0.1, 0.15) is 17.3 Å². The second kappa shape index (κ2) is 6.41. The third-order valence-electron chi connectivity index (χ3n) is 3.33. The lowest BCUT2D eigenvalue weighted by molar-refractivity contribution is -0.385. The van der Waals surface area contributed by atoms with Gasteiger partial charge in [-0.05, 0) is 43.3 Å². The summed E-state index contributed by atoms with van der Waals surface area (Å²) >= 11 is 0. The van der Waals surface area contributed by atoms with E-state index in [1.807, 2.05) is 0 Å². The Kier molecular flexibility index (Phi) is 4.15. The van der Waals surface area contributed by atoms with Gasteiger partial charge in [0.2, 0.25) is 5.88 Å². The van der Waals surface area contributed by atoms with Crippen LogP contribution in [-0.4, -0.2) is 14.9 Å². The minimum atomic E-state index is -0.495. The standard InChI is InChI=1S/C17H12FN3O3/c1-11-16(21(22)23)8-9-17(20-11)24-14-6-7-15(19-10-14)12-2-4-13(18)5-3-12/h2-10H,1H3. The van der Waals surface area contributed by atoms with Gasteiger partial charge in [-0.1, -0.05) is 0 Å². The Hall–Kier alpha value is -3.35. The minimum Gasteiger partial charge on any atom is -0.437 e. The molecule has 1 aromatic carbocycles. The normalized spacial score (nSPS) is 10.4. The average molecular weight is 325 g/mol. The first-order chi connectivity index (χ1) is 11.5. The average Bonchev–Trinajstić information content (AvgIpc) is 2.56. The molecule has 6 nitrogen and oxygen atoms in total. The lowest BCUT2D eigenvalue weighted by atomic mass is 10.1. The highest BCUT2D eigenvalue weighted by Gasteiger charge is 2.12. The monoisotopic (exact) mass is 325 g/mol. The van der Waals surface area contributed by atoms with Gasteiger partial charge in [0.15, 0.2) is 0 Å². The molecule has 2 heterocycles. The van der Waals surface area contributed by atoms with E-state index in [0.29, 0.717) is 11.4 Å². The van der Waals surface area contributed by atoms with E-state index in [0.717, 1.165) is 5.56 Å². The molecule has 0 spiro atoms. The van der Waals surface area contributed by atoms with Crippen LogP contribution < -0.4 is 4.74 Å². The summed E-state index contributed by atoms with van der Waals surface area (Å²) in [5, 5.41) is 10.8. The summed E-state index contributed by atoms with van der Waals surface area (Å²) in [5.41, 5.74) is 1.67. The minimum absolute atomic E-state index is 0.0628. The molecule has 7 heteroatoms. The van der Waals surface area contributed by atoms with Gasteiger partial charge in [-0.15, -0.1) is 0 Å².